The molecule has 0 aliphatic heterocycles. The summed E-state index contributed by atoms with van der Waals surface area (Å²) in [4.78, 5) is 23.5. The number of ether oxygens (including phenoxy) is 2. The van der Waals surface area contributed by atoms with Gasteiger partial charge in [0.2, 0.25) is 0 Å². The smallest absolute Gasteiger partial charge is 0.407 e. The van der Waals surface area contributed by atoms with Gasteiger partial charge in [0.25, 0.3) is 0 Å². The summed E-state index contributed by atoms with van der Waals surface area (Å²) in [5, 5.41) is 2.60. The molecule has 0 saturated heterocycles. The van der Waals surface area contributed by atoms with E-state index in [0.29, 0.717) is 13.2 Å². The van der Waals surface area contributed by atoms with Crippen LogP contribution in [0.25, 0.3) is 0 Å². The first-order valence-electron chi connectivity index (χ1n) is 7.02. The van der Waals surface area contributed by atoms with Gasteiger partial charge in [-0.2, -0.15) is 0 Å². The van der Waals surface area contributed by atoms with Crippen LogP contribution in [-0.2, 0) is 14.3 Å². The second-order valence-corrected chi connectivity index (χ2v) is 5.17. The Morgan fingerprint density at radius 1 is 1.11 bits per heavy atom. The van der Waals surface area contributed by atoms with Gasteiger partial charge in [-0.05, 0) is 18.3 Å². The fraction of sp³-hybridized carbons (Fsp3) is 0.857. The van der Waals surface area contributed by atoms with E-state index in [2.05, 4.69) is 5.32 Å². The maximum atomic E-state index is 11.9. The fourth-order valence-corrected chi connectivity index (χ4v) is 1.37. The Morgan fingerprint density at radius 3 is 2.21 bits per heavy atom. The molecule has 1 unspecified atom stereocenters. The summed E-state index contributed by atoms with van der Waals surface area (Å²) in [5.41, 5.74) is 0. The molecule has 0 heterocycles. The molecule has 0 rings (SSSR count). The number of rotatable bonds is 8. The highest BCUT2D eigenvalue weighted by Crippen LogP contribution is 2.10. The van der Waals surface area contributed by atoms with Gasteiger partial charge in [0.05, 0.1) is 13.2 Å². The number of nitrogens with one attached hydrogen (secondary N) is 1. The number of hydrogen-bond acceptors (Lipinski definition) is 4. The van der Waals surface area contributed by atoms with Crippen LogP contribution in [0.2, 0.25) is 0 Å². The zero-order valence-electron chi connectivity index (χ0n) is 12.7. The molecule has 1 N–H and O–H groups in total. The highest BCUT2D eigenvalue weighted by molar-refractivity contribution is 5.81. The monoisotopic (exact) mass is 273 g/mol. The lowest BCUT2D eigenvalue weighted by molar-refractivity contribution is -0.147. The van der Waals surface area contributed by atoms with Crippen LogP contribution >= 0.6 is 0 Å². The third kappa shape index (κ3) is 7.70. The molecule has 0 bridgehead atoms. The van der Waals surface area contributed by atoms with Crippen LogP contribution in [0.15, 0.2) is 0 Å². The molecule has 0 aromatic heterocycles. The van der Waals surface area contributed by atoms with Gasteiger partial charge in [-0.3, -0.25) is 0 Å². The zero-order valence-corrected chi connectivity index (χ0v) is 12.7. The van der Waals surface area contributed by atoms with Crippen LogP contribution in [-0.4, -0.2) is 31.3 Å². The summed E-state index contributed by atoms with van der Waals surface area (Å²) in [6.45, 7) is 10.4. The lowest BCUT2D eigenvalue weighted by atomic mass is 9.99. The molecular formula is C14H27NO4. The lowest BCUT2D eigenvalue weighted by Gasteiger charge is -2.22. The number of carbonyl (C=O) groups is 2. The predicted octanol–water partition coefficient (Wildman–Crippen LogP) is 2.74. The van der Waals surface area contributed by atoms with E-state index >= 15 is 0 Å². The van der Waals surface area contributed by atoms with E-state index in [4.69, 9.17) is 9.47 Å². The van der Waals surface area contributed by atoms with Crippen molar-refractivity contribution in [1.82, 2.24) is 5.32 Å². The van der Waals surface area contributed by atoms with E-state index in [0.717, 1.165) is 12.8 Å². The number of esters is 1. The standard InChI is InChI=1S/C14H27NO4/c1-6-8-18-13(16)12(11(5)7-2)15-14(17)19-9-10(3)4/h10-12H,6-9H2,1-5H3,(H,15,17)/t11?,12-/m0/s1. The van der Waals surface area contributed by atoms with E-state index in [1.807, 2.05) is 34.6 Å². The van der Waals surface area contributed by atoms with Gasteiger partial charge in [0, 0.05) is 0 Å². The Morgan fingerprint density at radius 2 is 1.74 bits per heavy atom. The largest absolute Gasteiger partial charge is 0.464 e. The van der Waals surface area contributed by atoms with E-state index in [1.165, 1.54) is 0 Å². The summed E-state index contributed by atoms with van der Waals surface area (Å²) in [6, 6.07) is -0.642. The minimum atomic E-state index is -0.642. The molecule has 2 atom stereocenters. The van der Waals surface area contributed by atoms with Crippen molar-refractivity contribution in [2.24, 2.45) is 11.8 Å². The molecule has 5 nitrogen and oxygen atoms in total. The SMILES string of the molecule is CCCOC(=O)[C@@H](NC(=O)OCC(C)C)C(C)CC. The summed E-state index contributed by atoms with van der Waals surface area (Å²) in [5.74, 6) is -0.117. The predicted molar refractivity (Wildman–Crippen MR) is 73.8 cm³/mol. The minimum Gasteiger partial charge on any atom is -0.464 e. The number of alkyl carbamates (subject to hydrolysis) is 1. The quantitative estimate of drug-likeness (QED) is 0.691. The lowest BCUT2D eigenvalue weighted by Crippen LogP contribution is -2.46. The Labute approximate surface area is 116 Å². The van der Waals surface area contributed by atoms with Gasteiger partial charge in [-0.15, -0.1) is 0 Å². The molecule has 0 aliphatic carbocycles. The number of amides is 1. The summed E-state index contributed by atoms with van der Waals surface area (Å²) >= 11 is 0. The Hall–Kier alpha value is -1.26. The van der Waals surface area contributed by atoms with E-state index in [9.17, 15) is 9.59 Å². The van der Waals surface area contributed by atoms with Gasteiger partial charge in [-0.25, -0.2) is 9.59 Å². The second-order valence-electron chi connectivity index (χ2n) is 5.17. The van der Waals surface area contributed by atoms with Crippen LogP contribution in [0.4, 0.5) is 4.79 Å². The molecule has 0 aromatic carbocycles. The van der Waals surface area contributed by atoms with Crippen molar-refractivity contribution in [1.29, 1.82) is 0 Å². The average molecular weight is 273 g/mol. The molecule has 0 aliphatic rings. The first-order valence-corrected chi connectivity index (χ1v) is 7.02. The molecule has 0 aromatic rings. The van der Waals surface area contributed by atoms with Crippen molar-refractivity contribution in [2.45, 2.75) is 53.5 Å². The van der Waals surface area contributed by atoms with Crippen molar-refractivity contribution >= 4 is 12.1 Å². The summed E-state index contributed by atoms with van der Waals surface area (Å²) in [6.07, 6.45) is 0.972. The minimum absolute atomic E-state index is 0.0101. The molecule has 5 heteroatoms. The van der Waals surface area contributed by atoms with Gasteiger partial charge in [0.1, 0.15) is 6.04 Å². The Balaban J connectivity index is 4.42. The Bertz CT molecular complexity index is 279. The first kappa shape index (κ1) is 17.7. The zero-order chi connectivity index (χ0) is 14.8. The number of carbonyl (C=O) groups excluding carboxylic acids is 2. The van der Waals surface area contributed by atoms with E-state index in [-0.39, 0.29) is 11.8 Å². The molecule has 1 amide bonds. The highest BCUT2D eigenvalue weighted by atomic mass is 16.6. The van der Waals surface area contributed by atoms with Crippen molar-refractivity contribution in [3.05, 3.63) is 0 Å². The molecular weight excluding hydrogens is 246 g/mol. The fourth-order valence-electron chi connectivity index (χ4n) is 1.37. The topological polar surface area (TPSA) is 64.6 Å². The average Bonchev–Trinajstić information content (AvgIpc) is 2.38. The molecule has 19 heavy (non-hydrogen) atoms. The molecule has 0 radical (unpaired) electrons. The van der Waals surface area contributed by atoms with Crippen molar-refractivity contribution in [2.75, 3.05) is 13.2 Å². The maximum absolute atomic E-state index is 11.9. The van der Waals surface area contributed by atoms with E-state index in [1.54, 1.807) is 0 Å². The Kier molecular flexibility index (Phi) is 9.00. The third-order valence-electron chi connectivity index (χ3n) is 2.74. The number of hydrogen-bond donors (Lipinski definition) is 1. The highest BCUT2D eigenvalue weighted by Gasteiger charge is 2.27. The third-order valence-corrected chi connectivity index (χ3v) is 2.74. The van der Waals surface area contributed by atoms with Crippen molar-refractivity contribution < 1.29 is 19.1 Å². The summed E-state index contributed by atoms with van der Waals surface area (Å²) in [7, 11) is 0. The van der Waals surface area contributed by atoms with Crippen LogP contribution in [0, 0.1) is 11.8 Å². The molecule has 0 spiro atoms. The second kappa shape index (κ2) is 9.64. The van der Waals surface area contributed by atoms with Crippen LogP contribution < -0.4 is 5.32 Å². The molecule has 112 valence electrons. The first-order chi connectivity index (χ1) is 8.92. The molecule has 0 fully saturated rings. The van der Waals surface area contributed by atoms with Crippen LogP contribution in [0.5, 0.6) is 0 Å². The van der Waals surface area contributed by atoms with Crippen molar-refractivity contribution in [3.8, 4) is 0 Å². The van der Waals surface area contributed by atoms with Crippen molar-refractivity contribution in [3.63, 3.8) is 0 Å². The van der Waals surface area contributed by atoms with Crippen LogP contribution in [0.1, 0.15) is 47.5 Å². The molecule has 0 saturated carbocycles. The van der Waals surface area contributed by atoms with Gasteiger partial charge in [0.15, 0.2) is 0 Å². The van der Waals surface area contributed by atoms with Gasteiger partial charge in [-0.1, -0.05) is 41.0 Å². The maximum Gasteiger partial charge on any atom is 0.407 e. The van der Waals surface area contributed by atoms with Crippen LogP contribution in [0.3, 0.4) is 0 Å². The van der Waals surface area contributed by atoms with Gasteiger partial charge >= 0.3 is 12.1 Å². The van der Waals surface area contributed by atoms with E-state index < -0.39 is 18.1 Å². The normalized spacial score (nSPS) is 13.8. The van der Waals surface area contributed by atoms with Gasteiger partial charge < -0.3 is 14.8 Å². The summed E-state index contributed by atoms with van der Waals surface area (Å²) < 4.78 is 10.1.